The summed E-state index contributed by atoms with van der Waals surface area (Å²) in [5.74, 6) is 5.69. The molecule has 88 valence electrons. The molecule has 0 bridgehead atoms. The summed E-state index contributed by atoms with van der Waals surface area (Å²) in [7, 11) is 0. The number of rotatable bonds is 3. The Balaban J connectivity index is 2.40. The van der Waals surface area contributed by atoms with Gasteiger partial charge < -0.3 is 5.43 Å². The van der Waals surface area contributed by atoms with E-state index >= 15 is 0 Å². The molecule has 2 rings (SSSR count). The van der Waals surface area contributed by atoms with Crippen molar-refractivity contribution in [3.05, 3.63) is 42.2 Å². The average molecular weight is 236 g/mol. The number of anilines is 1. The van der Waals surface area contributed by atoms with Crippen LogP contribution in [0.15, 0.2) is 36.7 Å². The van der Waals surface area contributed by atoms with Crippen molar-refractivity contribution in [3.63, 3.8) is 0 Å². The summed E-state index contributed by atoms with van der Waals surface area (Å²) in [5.41, 5.74) is 3.58. The van der Waals surface area contributed by atoms with E-state index in [4.69, 9.17) is 5.84 Å². The highest BCUT2D eigenvalue weighted by molar-refractivity contribution is 5.70. The smallest absolute Gasteiger partial charge is 0.263 e. The third kappa shape index (κ3) is 2.36. The first kappa shape index (κ1) is 11.4. The molecule has 0 aliphatic heterocycles. The van der Waals surface area contributed by atoms with E-state index in [9.17, 15) is 8.78 Å². The minimum atomic E-state index is -2.47. The number of benzene rings is 1. The zero-order valence-corrected chi connectivity index (χ0v) is 8.77. The van der Waals surface area contributed by atoms with Gasteiger partial charge in [0.15, 0.2) is 5.82 Å². The minimum Gasteiger partial charge on any atom is -0.307 e. The summed E-state index contributed by atoms with van der Waals surface area (Å²) in [6.07, 6.45) is 0.529. The predicted molar refractivity (Wildman–Crippen MR) is 60.2 cm³/mol. The molecule has 4 nitrogen and oxygen atoms in total. The Morgan fingerprint density at radius 3 is 2.29 bits per heavy atom. The van der Waals surface area contributed by atoms with E-state index in [-0.39, 0.29) is 5.56 Å². The van der Waals surface area contributed by atoms with Crippen molar-refractivity contribution in [2.24, 2.45) is 5.84 Å². The molecule has 0 saturated heterocycles. The van der Waals surface area contributed by atoms with Crippen LogP contribution in [0.4, 0.5) is 14.6 Å². The fourth-order valence-corrected chi connectivity index (χ4v) is 1.44. The Labute approximate surface area is 96.5 Å². The van der Waals surface area contributed by atoms with E-state index in [1.165, 1.54) is 24.5 Å². The Morgan fingerprint density at radius 2 is 1.71 bits per heavy atom. The molecule has 0 aliphatic rings. The molecule has 0 atom stereocenters. The molecule has 1 aromatic heterocycles. The number of aromatic nitrogens is 2. The summed E-state index contributed by atoms with van der Waals surface area (Å²) in [5, 5.41) is 0. The molecule has 1 heterocycles. The monoisotopic (exact) mass is 236 g/mol. The molecular formula is C11H10F2N4. The van der Waals surface area contributed by atoms with Gasteiger partial charge in [-0.25, -0.2) is 19.6 Å². The van der Waals surface area contributed by atoms with Gasteiger partial charge in [0.05, 0.1) is 0 Å². The van der Waals surface area contributed by atoms with Crippen LogP contribution in [0.1, 0.15) is 12.0 Å². The van der Waals surface area contributed by atoms with Gasteiger partial charge in [0, 0.05) is 23.5 Å². The van der Waals surface area contributed by atoms with E-state index in [0.29, 0.717) is 17.1 Å². The highest BCUT2D eigenvalue weighted by atomic mass is 19.3. The van der Waals surface area contributed by atoms with Crippen LogP contribution < -0.4 is 11.3 Å². The second kappa shape index (κ2) is 4.84. The number of nitrogens with one attached hydrogen (secondary N) is 1. The number of hydrogen-bond acceptors (Lipinski definition) is 4. The normalized spacial score (nSPS) is 10.6. The molecule has 0 radical (unpaired) electrons. The molecule has 2 aromatic rings. The summed E-state index contributed by atoms with van der Waals surface area (Å²) in [4.78, 5) is 8.09. The van der Waals surface area contributed by atoms with Gasteiger partial charge in [0.2, 0.25) is 0 Å². The molecule has 0 saturated carbocycles. The van der Waals surface area contributed by atoms with Gasteiger partial charge in [0.25, 0.3) is 6.43 Å². The molecule has 0 unspecified atom stereocenters. The van der Waals surface area contributed by atoms with Gasteiger partial charge in [-0.2, -0.15) is 0 Å². The van der Waals surface area contributed by atoms with Crippen molar-refractivity contribution in [1.82, 2.24) is 9.97 Å². The zero-order valence-electron chi connectivity index (χ0n) is 8.77. The second-order valence-electron chi connectivity index (χ2n) is 3.32. The molecule has 1 aromatic carbocycles. The SMILES string of the molecule is NNc1nccnc1-c1ccc(C(F)F)cc1. The average Bonchev–Trinajstić information content (AvgIpc) is 2.39. The highest BCUT2D eigenvalue weighted by Gasteiger charge is 2.09. The van der Waals surface area contributed by atoms with Crippen LogP contribution in [-0.2, 0) is 0 Å². The van der Waals surface area contributed by atoms with Crippen LogP contribution in [0.2, 0.25) is 0 Å². The maximum absolute atomic E-state index is 12.4. The minimum absolute atomic E-state index is 0.0279. The summed E-state index contributed by atoms with van der Waals surface area (Å²) in [6.45, 7) is 0. The lowest BCUT2D eigenvalue weighted by Gasteiger charge is -2.07. The topological polar surface area (TPSA) is 63.8 Å². The van der Waals surface area contributed by atoms with E-state index in [1.54, 1.807) is 12.1 Å². The van der Waals surface area contributed by atoms with Gasteiger partial charge in [-0.15, -0.1) is 0 Å². The molecule has 0 aliphatic carbocycles. The van der Waals surface area contributed by atoms with Crippen LogP contribution in [0.5, 0.6) is 0 Å². The number of alkyl halides is 2. The lowest BCUT2D eigenvalue weighted by atomic mass is 10.1. The summed E-state index contributed by atoms with van der Waals surface area (Å²) >= 11 is 0. The Kier molecular flexibility index (Phi) is 3.24. The molecule has 0 amide bonds. The molecule has 3 N–H and O–H groups in total. The van der Waals surface area contributed by atoms with Gasteiger partial charge in [-0.05, 0) is 0 Å². The van der Waals surface area contributed by atoms with Crippen molar-refractivity contribution in [2.45, 2.75) is 6.43 Å². The standard InChI is InChI=1S/C11H10F2N4/c12-10(13)8-3-1-7(2-4-8)9-11(17-14)16-6-5-15-9/h1-6,10H,14H2,(H,16,17). The quantitative estimate of drug-likeness (QED) is 0.634. The lowest BCUT2D eigenvalue weighted by molar-refractivity contribution is 0.151. The first-order valence-corrected chi connectivity index (χ1v) is 4.88. The Hall–Kier alpha value is -2.08. The van der Waals surface area contributed by atoms with Crippen LogP contribution >= 0.6 is 0 Å². The summed E-state index contributed by atoms with van der Waals surface area (Å²) < 4.78 is 24.8. The largest absolute Gasteiger partial charge is 0.307 e. The van der Waals surface area contributed by atoms with E-state index in [2.05, 4.69) is 15.4 Å². The number of halogens is 2. The van der Waals surface area contributed by atoms with Crippen LogP contribution in [0.3, 0.4) is 0 Å². The number of nitrogen functional groups attached to an aromatic ring is 1. The number of hydrazine groups is 1. The summed E-state index contributed by atoms with van der Waals surface area (Å²) in [6, 6.07) is 5.84. The number of nitrogens with two attached hydrogens (primary N) is 1. The van der Waals surface area contributed by atoms with Crippen molar-refractivity contribution in [2.75, 3.05) is 5.43 Å². The first-order chi connectivity index (χ1) is 8.22. The van der Waals surface area contributed by atoms with Crippen LogP contribution in [0.25, 0.3) is 11.3 Å². The van der Waals surface area contributed by atoms with E-state index in [0.717, 1.165) is 0 Å². The molecular weight excluding hydrogens is 226 g/mol. The fraction of sp³-hybridized carbons (Fsp3) is 0.0909. The van der Waals surface area contributed by atoms with E-state index in [1.807, 2.05) is 0 Å². The molecule has 0 fully saturated rings. The van der Waals surface area contributed by atoms with Gasteiger partial charge in [0.1, 0.15) is 5.69 Å². The van der Waals surface area contributed by atoms with Gasteiger partial charge in [-0.3, -0.25) is 4.98 Å². The maximum Gasteiger partial charge on any atom is 0.263 e. The van der Waals surface area contributed by atoms with Crippen molar-refractivity contribution in [1.29, 1.82) is 0 Å². The predicted octanol–water partition coefficient (Wildman–Crippen LogP) is 2.37. The van der Waals surface area contributed by atoms with Crippen LogP contribution in [0, 0.1) is 0 Å². The third-order valence-corrected chi connectivity index (χ3v) is 2.27. The zero-order chi connectivity index (χ0) is 12.3. The maximum atomic E-state index is 12.4. The fourth-order valence-electron chi connectivity index (χ4n) is 1.44. The first-order valence-electron chi connectivity index (χ1n) is 4.88. The van der Waals surface area contributed by atoms with Crippen molar-refractivity contribution in [3.8, 4) is 11.3 Å². The Morgan fingerprint density at radius 1 is 1.06 bits per heavy atom. The molecule has 17 heavy (non-hydrogen) atoms. The van der Waals surface area contributed by atoms with Gasteiger partial charge in [-0.1, -0.05) is 24.3 Å². The van der Waals surface area contributed by atoms with Crippen LogP contribution in [-0.4, -0.2) is 9.97 Å². The number of nitrogens with zero attached hydrogens (tertiary/aromatic N) is 2. The number of hydrogen-bond donors (Lipinski definition) is 2. The Bertz CT molecular complexity index is 499. The second-order valence-corrected chi connectivity index (χ2v) is 3.32. The van der Waals surface area contributed by atoms with Gasteiger partial charge >= 0.3 is 0 Å². The lowest BCUT2D eigenvalue weighted by Crippen LogP contribution is -2.10. The highest BCUT2D eigenvalue weighted by Crippen LogP contribution is 2.25. The molecule has 6 heteroatoms. The van der Waals surface area contributed by atoms with Crippen molar-refractivity contribution >= 4 is 5.82 Å². The van der Waals surface area contributed by atoms with E-state index < -0.39 is 6.43 Å². The molecule has 0 spiro atoms. The third-order valence-electron chi connectivity index (χ3n) is 2.27. The van der Waals surface area contributed by atoms with Crippen molar-refractivity contribution < 1.29 is 8.78 Å².